The summed E-state index contributed by atoms with van der Waals surface area (Å²) in [4.78, 5) is 0. The van der Waals surface area contributed by atoms with E-state index in [0.29, 0.717) is 0 Å². The van der Waals surface area contributed by atoms with Crippen LogP contribution in [0.3, 0.4) is 0 Å². The van der Waals surface area contributed by atoms with Gasteiger partial charge in [-0.1, -0.05) is 0 Å². The Kier molecular flexibility index (Phi) is 292. The van der Waals surface area contributed by atoms with E-state index >= 15 is 0 Å². The van der Waals surface area contributed by atoms with Crippen molar-refractivity contribution in [2.24, 2.45) is 0 Å². The molecule has 0 aromatic carbocycles. The van der Waals surface area contributed by atoms with Gasteiger partial charge in [0.2, 0.25) is 0 Å². The molecule has 0 rings (SSSR count). The Balaban J connectivity index is 0. The van der Waals surface area contributed by atoms with E-state index in [-0.39, 0.29) is 60.2 Å². The SMILES string of the molecule is B.N.[GaH3].[InH3]. The van der Waals surface area contributed by atoms with Crippen molar-refractivity contribution in [2.75, 3.05) is 0 Å². The Labute approximate surface area is 59.9 Å². The summed E-state index contributed by atoms with van der Waals surface area (Å²) in [5.74, 6) is 0. The van der Waals surface area contributed by atoms with Crippen LogP contribution in [0.5, 0.6) is 0 Å². The summed E-state index contributed by atoms with van der Waals surface area (Å²) in [6.45, 7) is 0. The van der Waals surface area contributed by atoms with Crippen molar-refractivity contribution >= 4 is 54.0 Å². The quantitative estimate of drug-likeness (QED) is 0.426. The van der Waals surface area contributed by atoms with Crippen molar-refractivity contribution in [1.29, 1.82) is 0 Å². The molecule has 0 aliphatic carbocycles. The second-order valence-corrected chi connectivity index (χ2v) is 0. The van der Waals surface area contributed by atoms with Crippen LogP contribution in [0.2, 0.25) is 0 Å². The Morgan fingerprint density at radius 3 is 1.00 bits per heavy atom. The first-order valence-electron chi connectivity index (χ1n) is 0. The molecule has 0 aromatic rings. The molecule has 0 bridgehead atoms. The summed E-state index contributed by atoms with van der Waals surface area (Å²) in [6.07, 6.45) is 0. The van der Waals surface area contributed by atoms with Crippen LogP contribution in [-0.4, -0.2) is 54.0 Å². The molecule has 0 aliphatic heterocycles. The van der Waals surface area contributed by atoms with Crippen molar-refractivity contribution in [3.63, 3.8) is 0 Å². The maximum absolute atomic E-state index is 0. The van der Waals surface area contributed by atoms with Crippen LogP contribution in [0.4, 0.5) is 0 Å². The third-order valence-corrected chi connectivity index (χ3v) is 0. The van der Waals surface area contributed by atoms with E-state index in [1.807, 2.05) is 0 Å². The number of hydrogen-bond acceptors (Lipinski definition) is 1. The minimum absolute atomic E-state index is 0. The van der Waals surface area contributed by atoms with Crippen molar-refractivity contribution in [3.8, 4) is 0 Å². The molecule has 26 valence electrons. The van der Waals surface area contributed by atoms with Gasteiger partial charge in [-0.05, 0) is 0 Å². The van der Waals surface area contributed by atoms with Gasteiger partial charge in [0.25, 0.3) is 0 Å². The molecule has 0 saturated carbocycles. The fourth-order valence-corrected chi connectivity index (χ4v) is 0. The van der Waals surface area contributed by atoms with Gasteiger partial charge in [-0.15, -0.1) is 0 Å². The first-order chi connectivity index (χ1) is 0. The van der Waals surface area contributed by atoms with Gasteiger partial charge < -0.3 is 6.15 Å². The fraction of sp³-hybridized carbons (Fsp3) is 0. The minimum atomic E-state index is 0. The van der Waals surface area contributed by atoms with Crippen LogP contribution in [0.1, 0.15) is 0 Å². The monoisotopic (exact) mass is 221 g/mol. The van der Waals surface area contributed by atoms with Crippen molar-refractivity contribution in [2.45, 2.75) is 0 Å². The number of rotatable bonds is 0. The maximum atomic E-state index is 0. The summed E-state index contributed by atoms with van der Waals surface area (Å²) in [6, 6.07) is 0. The van der Waals surface area contributed by atoms with Crippen molar-refractivity contribution < 1.29 is 0 Å². The summed E-state index contributed by atoms with van der Waals surface area (Å²) >= 11 is 0. The Bertz CT molecular complexity index is 8.00. The number of hydrogen-bond donors (Lipinski definition) is 1. The van der Waals surface area contributed by atoms with E-state index in [1.54, 1.807) is 0 Å². The van der Waals surface area contributed by atoms with Crippen LogP contribution in [0.25, 0.3) is 0 Å². The zero-order valence-corrected chi connectivity index (χ0v) is 0.707. The standard InChI is InChI=1S/BH3.Ga.In.H3N.6H/h1H3;;;1H3;;;;;;. The zero-order valence-electron chi connectivity index (χ0n) is 0.707. The molecule has 4 heteroatoms. The van der Waals surface area contributed by atoms with Gasteiger partial charge in [-0.3, -0.25) is 0 Å². The third kappa shape index (κ3) is 9.65. The Morgan fingerprint density at radius 1 is 1.00 bits per heavy atom. The van der Waals surface area contributed by atoms with E-state index < -0.39 is 0 Å². The molecule has 0 fully saturated rings. The van der Waals surface area contributed by atoms with Crippen LogP contribution < -0.4 is 6.15 Å². The molecule has 0 aromatic heterocycles. The Hall–Kier alpha value is 1.53. The summed E-state index contributed by atoms with van der Waals surface area (Å²) in [5, 5.41) is 0. The van der Waals surface area contributed by atoms with E-state index in [1.165, 1.54) is 0 Å². The van der Waals surface area contributed by atoms with Gasteiger partial charge in [0.1, 0.15) is 0 Å². The molecule has 0 saturated heterocycles. The van der Waals surface area contributed by atoms with E-state index in [4.69, 9.17) is 0 Å². The molecular formula is H12BGaInN. The average Bonchev–Trinajstić information content (AvgIpc) is 0. The van der Waals surface area contributed by atoms with Gasteiger partial charge in [-0.25, -0.2) is 0 Å². The van der Waals surface area contributed by atoms with E-state index in [2.05, 4.69) is 0 Å². The summed E-state index contributed by atoms with van der Waals surface area (Å²) in [7, 11) is 0. The molecule has 0 heterocycles. The first-order valence-corrected chi connectivity index (χ1v) is 0. The van der Waals surface area contributed by atoms with Gasteiger partial charge in [0, 0.05) is 0 Å². The van der Waals surface area contributed by atoms with Crippen LogP contribution in [0, 0.1) is 0 Å². The topological polar surface area (TPSA) is 35.0 Å². The predicted octanol–water partition coefficient (Wildman–Crippen LogP) is -3.39. The van der Waals surface area contributed by atoms with Gasteiger partial charge >= 0.3 is 45.6 Å². The second-order valence-electron chi connectivity index (χ2n) is 0. The molecule has 0 atom stereocenters. The van der Waals surface area contributed by atoms with Crippen molar-refractivity contribution in [3.05, 3.63) is 0 Å². The average molecular weight is 221 g/mol. The molecule has 0 aliphatic rings. The summed E-state index contributed by atoms with van der Waals surface area (Å²) < 4.78 is 0. The molecule has 4 heavy (non-hydrogen) atoms. The van der Waals surface area contributed by atoms with E-state index in [0.717, 1.165) is 0 Å². The van der Waals surface area contributed by atoms with Gasteiger partial charge in [0.15, 0.2) is 0 Å². The van der Waals surface area contributed by atoms with Crippen LogP contribution in [-0.2, 0) is 0 Å². The molecule has 0 radical (unpaired) electrons. The molecule has 3 N–H and O–H groups in total. The van der Waals surface area contributed by atoms with Crippen molar-refractivity contribution in [1.82, 2.24) is 6.15 Å². The first kappa shape index (κ1) is 48.4. The van der Waals surface area contributed by atoms with Gasteiger partial charge in [0.05, 0.1) is 8.41 Å². The third-order valence-electron chi connectivity index (χ3n) is 0. The molecule has 0 amide bonds. The fourth-order valence-electron chi connectivity index (χ4n) is 0. The molecule has 1 nitrogen and oxygen atoms in total. The summed E-state index contributed by atoms with van der Waals surface area (Å²) in [5.41, 5.74) is 0. The molecular weight excluding hydrogens is 209 g/mol. The van der Waals surface area contributed by atoms with Crippen LogP contribution >= 0.6 is 0 Å². The van der Waals surface area contributed by atoms with Gasteiger partial charge in [-0.2, -0.15) is 0 Å². The zero-order chi connectivity index (χ0) is 0. The normalized spacial score (nSPS) is 0. The predicted molar refractivity (Wildman–Crippen MR) is 34.8 cm³/mol. The van der Waals surface area contributed by atoms with Crippen LogP contribution in [0.15, 0.2) is 0 Å². The molecule has 0 unspecified atom stereocenters. The second kappa shape index (κ2) is 24.1. The van der Waals surface area contributed by atoms with E-state index in [9.17, 15) is 0 Å². The molecule has 0 spiro atoms. The Morgan fingerprint density at radius 2 is 1.00 bits per heavy atom.